The second kappa shape index (κ2) is 5.77. The fraction of sp³-hybridized carbons (Fsp3) is 0.0667. The molecule has 0 bridgehead atoms. The first kappa shape index (κ1) is 13.6. The molecular formula is C15H18N2O. The summed E-state index contributed by atoms with van der Waals surface area (Å²) in [4.78, 5) is 0. The van der Waals surface area contributed by atoms with Crippen LogP contribution in [0.15, 0.2) is 67.1 Å². The fourth-order valence-corrected chi connectivity index (χ4v) is 1.48. The fourth-order valence-electron chi connectivity index (χ4n) is 1.48. The Morgan fingerprint density at radius 1 is 1.33 bits per heavy atom. The molecule has 3 nitrogen and oxygen atoms in total. The van der Waals surface area contributed by atoms with Crippen molar-refractivity contribution in [3.63, 3.8) is 0 Å². The van der Waals surface area contributed by atoms with E-state index in [0.717, 1.165) is 11.3 Å². The zero-order valence-corrected chi connectivity index (χ0v) is 10.5. The van der Waals surface area contributed by atoms with E-state index in [1.807, 2.05) is 6.92 Å². The van der Waals surface area contributed by atoms with E-state index < -0.39 is 0 Å². The summed E-state index contributed by atoms with van der Waals surface area (Å²) < 4.78 is 0. The third kappa shape index (κ3) is 3.04. The van der Waals surface area contributed by atoms with Gasteiger partial charge in [0.15, 0.2) is 0 Å². The van der Waals surface area contributed by atoms with Gasteiger partial charge in [0.2, 0.25) is 0 Å². The van der Waals surface area contributed by atoms with Crippen molar-refractivity contribution >= 4 is 5.69 Å². The predicted octanol–water partition coefficient (Wildman–Crippen LogP) is 3.21. The zero-order chi connectivity index (χ0) is 13.7. The number of rotatable bonds is 5. The second-order valence-corrected chi connectivity index (χ2v) is 3.89. The first-order valence-electron chi connectivity index (χ1n) is 5.50. The monoisotopic (exact) mass is 242 g/mol. The molecule has 0 radical (unpaired) electrons. The van der Waals surface area contributed by atoms with E-state index in [2.05, 4.69) is 25.1 Å². The molecule has 4 N–H and O–H groups in total. The van der Waals surface area contributed by atoms with Crippen molar-refractivity contribution in [2.24, 2.45) is 5.73 Å². The van der Waals surface area contributed by atoms with Crippen molar-refractivity contribution in [2.75, 3.05) is 5.32 Å². The van der Waals surface area contributed by atoms with Crippen molar-refractivity contribution < 1.29 is 5.11 Å². The first-order valence-corrected chi connectivity index (χ1v) is 5.50. The summed E-state index contributed by atoms with van der Waals surface area (Å²) in [5.74, 6) is 0.599. The maximum Gasteiger partial charge on any atom is 0.117 e. The Morgan fingerprint density at radius 3 is 2.56 bits per heavy atom. The summed E-state index contributed by atoms with van der Waals surface area (Å²) in [5, 5.41) is 12.5. The van der Waals surface area contributed by atoms with E-state index in [9.17, 15) is 5.11 Å². The molecule has 1 aromatic carbocycles. The number of nitrogens with one attached hydrogen (secondary N) is 1. The Labute approximate surface area is 108 Å². The van der Waals surface area contributed by atoms with Gasteiger partial charge in [-0.1, -0.05) is 38.0 Å². The highest BCUT2D eigenvalue weighted by Gasteiger charge is 2.05. The third-order valence-corrected chi connectivity index (χ3v) is 2.58. The van der Waals surface area contributed by atoms with Crippen molar-refractivity contribution in [2.45, 2.75) is 6.92 Å². The lowest BCUT2D eigenvalue weighted by atomic mass is 10.1. The number of anilines is 1. The minimum atomic E-state index is 0.179. The van der Waals surface area contributed by atoms with Crippen molar-refractivity contribution in [3.05, 3.63) is 72.6 Å². The number of aryl methyl sites for hydroxylation is 1. The summed E-state index contributed by atoms with van der Waals surface area (Å²) in [6.45, 7) is 13.1. The highest BCUT2D eigenvalue weighted by atomic mass is 16.3. The van der Waals surface area contributed by atoms with Crippen molar-refractivity contribution in [1.29, 1.82) is 0 Å². The van der Waals surface area contributed by atoms with E-state index in [4.69, 9.17) is 5.73 Å². The lowest BCUT2D eigenvalue weighted by Crippen LogP contribution is -2.13. The second-order valence-electron chi connectivity index (χ2n) is 3.89. The van der Waals surface area contributed by atoms with Gasteiger partial charge in [-0.15, -0.1) is 0 Å². The number of aromatic hydroxyl groups is 1. The van der Waals surface area contributed by atoms with Crippen LogP contribution in [-0.2, 0) is 0 Å². The summed E-state index contributed by atoms with van der Waals surface area (Å²) in [5.41, 5.74) is 9.05. The Kier molecular flexibility index (Phi) is 4.38. The van der Waals surface area contributed by atoms with Crippen LogP contribution in [0.3, 0.4) is 0 Å². The summed E-state index contributed by atoms with van der Waals surface area (Å²) in [7, 11) is 0. The van der Waals surface area contributed by atoms with Crippen LogP contribution in [0.1, 0.15) is 5.56 Å². The molecule has 0 aliphatic carbocycles. The van der Waals surface area contributed by atoms with E-state index >= 15 is 0 Å². The minimum Gasteiger partial charge on any atom is -0.508 e. The molecule has 0 saturated carbocycles. The molecule has 0 unspecified atom stereocenters. The predicted molar refractivity (Wildman–Crippen MR) is 77.2 cm³/mol. The Morgan fingerprint density at radius 2 is 2.00 bits per heavy atom. The molecule has 0 aliphatic rings. The van der Waals surface area contributed by atoms with Gasteiger partial charge in [0.1, 0.15) is 11.6 Å². The van der Waals surface area contributed by atoms with Crippen LogP contribution in [-0.4, -0.2) is 5.11 Å². The smallest absolute Gasteiger partial charge is 0.117 e. The van der Waals surface area contributed by atoms with Gasteiger partial charge in [0, 0.05) is 17.3 Å². The molecular weight excluding hydrogens is 224 g/mol. The zero-order valence-electron chi connectivity index (χ0n) is 10.5. The van der Waals surface area contributed by atoms with E-state index in [1.54, 1.807) is 30.4 Å². The topological polar surface area (TPSA) is 58.3 Å². The number of nitrogens with two attached hydrogens (primary N) is 1. The molecule has 94 valence electrons. The molecule has 18 heavy (non-hydrogen) atoms. The van der Waals surface area contributed by atoms with Crippen molar-refractivity contribution in [1.82, 2.24) is 0 Å². The number of phenolic OH excluding ortho intramolecular Hbond substituents is 1. The molecule has 0 spiro atoms. The van der Waals surface area contributed by atoms with Crippen LogP contribution < -0.4 is 11.1 Å². The van der Waals surface area contributed by atoms with Gasteiger partial charge in [-0.05, 0) is 24.1 Å². The lowest BCUT2D eigenvalue weighted by molar-refractivity contribution is 0.475. The number of hydrogen-bond acceptors (Lipinski definition) is 3. The molecule has 0 atom stereocenters. The van der Waals surface area contributed by atoms with Crippen LogP contribution in [0.5, 0.6) is 5.75 Å². The summed E-state index contributed by atoms with van der Waals surface area (Å²) in [6.07, 6.45) is 3.23. The van der Waals surface area contributed by atoms with Gasteiger partial charge in [0.05, 0.1) is 0 Å². The number of phenols is 1. The molecule has 0 fully saturated rings. The largest absolute Gasteiger partial charge is 0.508 e. The third-order valence-electron chi connectivity index (χ3n) is 2.58. The van der Waals surface area contributed by atoms with Crippen LogP contribution in [0.25, 0.3) is 0 Å². The Bertz CT molecular complexity index is 527. The van der Waals surface area contributed by atoms with Gasteiger partial charge in [-0.25, -0.2) is 0 Å². The van der Waals surface area contributed by atoms with E-state index in [-0.39, 0.29) is 5.75 Å². The molecule has 0 aliphatic heterocycles. The molecule has 1 aromatic rings. The highest BCUT2D eigenvalue weighted by Crippen LogP contribution is 2.23. The summed E-state index contributed by atoms with van der Waals surface area (Å²) in [6, 6.07) is 5.04. The number of allylic oxidation sites excluding steroid dienone is 4. The van der Waals surface area contributed by atoms with Crippen LogP contribution in [0.4, 0.5) is 5.69 Å². The van der Waals surface area contributed by atoms with Crippen LogP contribution >= 0.6 is 0 Å². The molecule has 0 saturated heterocycles. The van der Waals surface area contributed by atoms with Crippen LogP contribution in [0, 0.1) is 6.92 Å². The summed E-state index contributed by atoms with van der Waals surface area (Å²) >= 11 is 0. The standard InChI is InChI=1S/C15H18N2O/c1-5-10(3)13(6-2)15(16)17-14-9-12(18)8-7-11(14)4/h5-9,17-18H,1-3,16H2,4H3/b15-13-. The minimum absolute atomic E-state index is 0.179. The van der Waals surface area contributed by atoms with Gasteiger partial charge in [0.25, 0.3) is 0 Å². The quantitative estimate of drug-likeness (QED) is 0.695. The van der Waals surface area contributed by atoms with Gasteiger partial charge < -0.3 is 16.2 Å². The SMILES string of the molecule is C=CC(=C)/C(C=C)=C(/N)Nc1cc(O)ccc1C. The van der Waals surface area contributed by atoms with Gasteiger partial charge in [-0.3, -0.25) is 0 Å². The molecule has 0 amide bonds. The lowest BCUT2D eigenvalue weighted by Gasteiger charge is -2.13. The molecule has 3 heteroatoms. The highest BCUT2D eigenvalue weighted by molar-refractivity contribution is 5.60. The molecule has 0 aromatic heterocycles. The van der Waals surface area contributed by atoms with E-state index in [0.29, 0.717) is 17.0 Å². The average molecular weight is 242 g/mol. The average Bonchev–Trinajstić information content (AvgIpc) is 2.34. The van der Waals surface area contributed by atoms with Gasteiger partial charge in [-0.2, -0.15) is 0 Å². The van der Waals surface area contributed by atoms with Crippen LogP contribution in [0.2, 0.25) is 0 Å². The maximum absolute atomic E-state index is 9.45. The Hall–Kier alpha value is -2.42. The number of hydrogen-bond donors (Lipinski definition) is 3. The van der Waals surface area contributed by atoms with E-state index in [1.165, 1.54) is 0 Å². The maximum atomic E-state index is 9.45. The first-order chi connectivity index (χ1) is 8.49. The molecule has 1 rings (SSSR count). The van der Waals surface area contributed by atoms with Crippen molar-refractivity contribution in [3.8, 4) is 5.75 Å². The Balaban J connectivity index is 3.12. The number of benzene rings is 1. The van der Waals surface area contributed by atoms with Gasteiger partial charge >= 0.3 is 0 Å². The normalized spacial score (nSPS) is 11.4. The molecule has 0 heterocycles.